The van der Waals surface area contributed by atoms with Crippen LogP contribution in [0.4, 0.5) is 0 Å². The van der Waals surface area contributed by atoms with Crippen molar-refractivity contribution in [3.8, 4) is 17.2 Å². The summed E-state index contributed by atoms with van der Waals surface area (Å²) < 4.78 is 15.8. The van der Waals surface area contributed by atoms with E-state index in [1.807, 2.05) is 30.3 Å². The summed E-state index contributed by atoms with van der Waals surface area (Å²) in [7, 11) is 0. The first-order chi connectivity index (χ1) is 11.9. The third-order valence-electron chi connectivity index (χ3n) is 2.98. The van der Waals surface area contributed by atoms with E-state index in [2.05, 4.69) is 0 Å². The van der Waals surface area contributed by atoms with Gasteiger partial charge in [-0.1, -0.05) is 30.3 Å². The maximum absolute atomic E-state index is 11.5. The molecule has 0 heterocycles. The first-order valence-corrected chi connectivity index (χ1v) is 7.66. The zero-order valence-electron chi connectivity index (χ0n) is 13.6. The van der Waals surface area contributed by atoms with Gasteiger partial charge in [-0.2, -0.15) is 0 Å². The van der Waals surface area contributed by atoms with Gasteiger partial charge >= 0.3 is 11.9 Å². The minimum atomic E-state index is -0.795. The second-order valence-corrected chi connectivity index (χ2v) is 5.38. The summed E-state index contributed by atoms with van der Waals surface area (Å²) in [5, 5.41) is -0.795. The van der Waals surface area contributed by atoms with Crippen molar-refractivity contribution in [1.82, 2.24) is 0 Å². The van der Waals surface area contributed by atoms with Gasteiger partial charge in [0.1, 0.15) is 6.61 Å². The van der Waals surface area contributed by atoms with Gasteiger partial charge in [-0.25, -0.2) is 0 Å². The van der Waals surface area contributed by atoms with Gasteiger partial charge in [0.15, 0.2) is 11.5 Å². The normalized spacial score (nSPS) is 10.0. The number of rotatable bonds is 6. The second-order valence-electron chi connectivity index (χ2n) is 5.04. The van der Waals surface area contributed by atoms with E-state index in [1.165, 1.54) is 26.0 Å². The number of carbonyl (C=O) groups is 3. The molecule has 130 valence electrons. The zero-order chi connectivity index (χ0) is 18.4. The van der Waals surface area contributed by atoms with Crippen molar-refractivity contribution >= 4 is 28.8 Å². The monoisotopic (exact) mass is 362 g/mol. The first-order valence-electron chi connectivity index (χ1n) is 7.28. The largest absolute Gasteiger partial charge is 0.482 e. The van der Waals surface area contributed by atoms with Crippen LogP contribution in [0.5, 0.6) is 17.2 Å². The lowest BCUT2D eigenvalue weighted by atomic mass is 10.2. The van der Waals surface area contributed by atoms with Gasteiger partial charge in [-0.05, 0) is 29.3 Å². The molecule has 0 fully saturated rings. The third kappa shape index (κ3) is 5.32. The van der Waals surface area contributed by atoms with Crippen LogP contribution in [0.1, 0.15) is 29.8 Å². The molecule has 0 aliphatic carbocycles. The number of carbonyl (C=O) groups excluding carboxylic acids is 3. The summed E-state index contributed by atoms with van der Waals surface area (Å²) in [5.74, 6) is -1.36. The van der Waals surface area contributed by atoms with Crippen LogP contribution >= 0.6 is 11.6 Å². The number of hydrogen-bond acceptors (Lipinski definition) is 6. The highest BCUT2D eigenvalue weighted by Gasteiger charge is 2.20. The van der Waals surface area contributed by atoms with Crippen molar-refractivity contribution in [2.75, 3.05) is 0 Å². The van der Waals surface area contributed by atoms with Gasteiger partial charge in [0, 0.05) is 19.4 Å². The summed E-state index contributed by atoms with van der Waals surface area (Å²) in [6, 6.07) is 11.7. The minimum Gasteiger partial charge on any atom is -0.482 e. The zero-order valence-corrected chi connectivity index (χ0v) is 14.3. The molecule has 0 radical (unpaired) electrons. The van der Waals surface area contributed by atoms with Crippen molar-refractivity contribution in [1.29, 1.82) is 0 Å². The maximum Gasteiger partial charge on any atom is 0.308 e. The highest BCUT2D eigenvalue weighted by molar-refractivity contribution is 6.67. The standard InChI is InChI=1S/C18H15ClO6/c1-11(20)24-15-8-14(18(19)22)9-16(25-12(2)21)17(15)23-10-13-6-4-3-5-7-13/h3-9H,10H2,1-2H3. The molecule has 25 heavy (non-hydrogen) atoms. The Kier molecular flexibility index (Phi) is 6.14. The van der Waals surface area contributed by atoms with E-state index in [-0.39, 0.29) is 29.4 Å². The Morgan fingerprint density at radius 2 is 1.44 bits per heavy atom. The van der Waals surface area contributed by atoms with Gasteiger partial charge < -0.3 is 14.2 Å². The smallest absolute Gasteiger partial charge is 0.308 e. The molecule has 2 aromatic rings. The molecule has 0 unspecified atom stereocenters. The van der Waals surface area contributed by atoms with Crippen molar-refractivity contribution in [2.45, 2.75) is 20.5 Å². The molecule has 0 bridgehead atoms. The number of hydrogen-bond donors (Lipinski definition) is 0. The molecular formula is C18H15ClO6. The summed E-state index contributed by atoms with van der Waals surface area (Å²) in [6.45, 7) is 2.53. The van der Waals surface area contributed by atoms with E-state index in [1.54, 1.807) is 0 Å². The molecule has 0 atom stereocenters. The first kappa shape index (κ1) is 18.5. The van der Waals surface area contributed by atoms with Crippen LogP contribution in [0.15, 0.2) is 42.5 Å². The second kappa shape index (κ2) is 8.30. The topological polar surface area (TPSA) is 78.9 Å². The summed E-state index contributed by atoms with van der Waals surface area (Å²) in [4.78, 5) is 34.2. The molecule has 2 rings (SSSR count). The van der Waals surface area contributed by atoms with Gasteiger partial charge in [-0.15, -0.1) is 0 Å². The summed E-state index contributed by atoms with van der Waals surface area (Å²) in [5.41, 5.74) is 0.851. The predicted molar refractivity (Wildman–Crippen MR) is 90.0 cm³/mol. The quantitative estimate of drug-likeness (QED) is 0.444. The summed E-state index contributed by atoms with van der Waals surface area (Å²) in [6.07, 6.45) is 0. The lowest BCUT2D eigenvalue weighted by Crippen LogP contribution is -2.09. The molecule has 2 aromatic carbocycles. The fraction of sp³-hybridized carbons (Fsp3) is 0.167. The van der Waals surface area contributed by atoms with E-state index in [0.717, 1.165) is 5.56 Å². The van der Waals surface area contributed by atoms with Crippen LogP contribution in [0, 0.1) is 0 Å². The number of ether oxygens (including phenoxy) is 3. The SMILES string of the molecule is CC(=O)Oc1cc(C(=O)Cl)cc(OC(C)=O)c1OCc1ccccc1. The van der Waals surface area contributed by atoms with E-state index >= 15 is 0 Å². The van der Waals surface area contributed by atoms with E-state index in [4.69, 9.17) is 25.8 Å². The molecule has 0 aromatic heterocycles. The van der Waals surface area contributed by atoms with Gasteiger partial charge in [0.25, 0.3) is 5.24 Å². The van der Waals surface area contributed by atoms with Crippen molar-refractivity contribution in [3.05, 3.63) is 53.6 Å². The molecule has 0 amide bonds. The Hall–Kier alpha value is -2.86. The van der Waals surface area contributed by atoms with Crippen LogP contribution in [0.25, 0.3) is 0 Å². The molecule has 0 spiro atoms. The predicted octanol–water partition coefficient (Wildman–Crippen LogP) is 3.50. The Labute approximate surface area is 149 Å². The number of halogens is 1. The molecule has 7 heteroatoms. The molecule has 0 N–H and O–H groups in total. The van der Waals surface area contributed by atoms with E-state index in [9.17, 15) is 14.4 Å². The lowest BCUT2D eigenvalue weighted by Gasteiger charge is -2.16. The average Bonchev–Trinajstić information content (AvgIpc) is 2.53. The van der Waals surface area contributed by atoms with Crippen molar-refractivity contribution in [2.24, 2.45) is 0 Å². The molecule has 0 aliphatic rings. The highest BCUT2D eigenvalue weighted by atomic mass is 35.5. The fourth-order valence-corrected chi connectivity index (χ4v) is 2.13. The summed E-state index contributed by atoms with van der Waals surface area (Å²) >= 11 is 5.48. The van der Waals surface area contributed by atoms with Crippen molar-refractivity contribution < 1.29 is 28.6 Å². The molecule has 0 aliphatic heterocycles. The highest BCUT2D eigenvalue weighted by Crippen LogP contribution is 2.40. The minimum absolute atomic E-state index is 0.00114. The third-order valence-corrected chi connectivity index (χ3v) is 3.20. The maximum atomic E-state index is 11.5. The molecular weight excluding hydrogens is 348 g/mol. The Morgan fingerprint density at radius 1 is 0.920 bits per heavy atom. The number of esters is 2. The average molecular weight is 363 g/mol. The van der Waals surface area contributed by atoms with E-state index in [0.29, 0.717) is 0 Å². The van der Waals surface area contributed by atoms with Gasteiger partial charge in [0.2, 0.25) is 5.75 Å². The molecule has 0 saturated heterocycles. The van der Waals surface area contributed by atoms with Crippen LogP contribution < -0.4 is 14.2 Å². The molecule has 0 saturated carbocycles. The molecule has 6 nitrogen and oxygen atoms in total. The van der Waals surface area contributed by atoms with Crippen LogP contribution in [-0.4, -0.2) is 17.2 Å². The Balaban J connectivity index is 2.45. The van der Waals surface area contributed by atoms with Crippen LogP contribution in [-0.2, 0) is 16.2 Å². The van der Waals surface area contributed by atoms with Crippen molar-refractivity contribution in [3.63, 3.8) is 0 Å². The van der Waals surface area contributed by atoms with Gasteiger partial charge in [-0.3, -0.25) is 14.4 Å². The Bertz CT molecular complexity index is 763. The van der Waals surface area contributed by atoms with E-state index < -0.39 is 17.2 Å². The fourth-order valence-electron chi connectivity index (χ4n) is 2.02. The number of benzene rings is 2. The van der Waals surface area contributed by atoms with Crippen LogP contribution in [0.3, 0.4) is 0 Å². The van der Waals surface area contributed by atoms with Gasteiger partial charge in [0.05, 0.1) is 0 Å². The Morgan fingerprint density at radius 3 is 1.88 bits per heavy atom. The lowest BCUT2D eigenvalue weighted by molar-refractivity contribution is -0.132. The van der Waals surface area contributed by atoms with Crippen LogP contribution in [0.2, 0.25) is 0 Å².